The van der Waals surface area contributed by atoms with Gasteiger partial charge in [-0.15, -0.1) is 0 Å². The number of ether oxygens (including phenoxy) is 1. The standard InChI is InChI=1S/C24H27ClN4O3/c1-3-29-22-9-4-18(16-21(22)26-17(2)23(29)30)24(31)28-12-10-27(11-13-28)14-15-32-20-7-5-19(25)6-8-20/h4-9,16H,3,10-15H2,1-2H3. The number of hydrogen-bond acceptors (Lipinski definition) is 5. The molecule has 0 atom stereocenters. The first-order valence-electron chi connectivity index (χ1n) is 10.9. The molecule has 168 valence electrons. The molecule has 1 amide bonds. The van der Waals surface area contributed by atoms with E-state index in [0.717, 1.165) is 30.9 Å². The Morgan fingerprint density at radius 1 is 1.09 bits per heavy atom. The molecule has 1 saturated heterocycles. The van der Waals surface area contributed by atoms with Crippen molar-refractivity contribution in [1.29, 1.82) is 0 Å². The maximum atomic E-state index is 13.1. The monoisotopic (exact) mass is 454 g/mol. The van der Waals surface area contributed by atoms with Crippen molar-refractivity contribution in [3.05, 3.63) is 69.1 Å². The van der Waals surface area contributed by atoms with Crippen LogP contribution in [0.5, 0.6) is 5.75 Å². The average molecular weight is 455 g/mol. The molecule has 7 nitrogen and oxygen atoms in total. The molecule has 0 bridgehead atoms. The van der Waals surface area contributed by atoms with Crippen molar-refractivity contribution >= 4 is 28.5 Å². The molecule has 1 aromatic heterocycles. The van der Waals surface area contributed by atoms with Crippen LogP contribution >= 0.6 is 11.6 Å². The second-order valence-corrected chi connectivity index (χ2v) is 8.32. The number of carbonyl (C=O) groups is 1. The topological polar surface area (TPSA) is 67.7 Å². The van der Waals surface area contributed by atoms with E-state index in [0.29, 0.717) is 48.0 Å². The summed E-state index contributed by atoms with van der Waals surface area (Å²) in [5.74, 6) is 0.800. The lowest BCUT2D eigenvalue weighted by Gasteiger charge is -2.34. The molecule has 0 N–H and O–H groups in total. The van der Waals surface area contributed by atoms with Crippen molar-refractivity contribution in [3.8, 4) is 5.75 Å². The molecule has 0 unspecified atom stereocenters. The Bertz CT molecular complexity index is 1170. The first-order chi connectivity index (χ1) is 15.5. The van der Waals surface area contributed by atoms with Gasteiger partial charge in [0.15, 0.2) is 0 Å². The van der Waals surface area contributed by atoms with Crippen molar-refractivity contribution in [1.82, 2.24) is 19.4 Å². The summed E-state index contributed by atoms with van der Waals surface area (Å²) < 4.78 is 7.46. The Balaban J connectivity index is 1.35. The fourth-order valence-corrected chi connectivity index (χ4v) is 4.13. The quantitative estimate of drug-likeness (QED) is 0.572. The molecule has 8 heteroatoms. The summed E-state index contributed by atoms with van der Waals surface area (Å²) in [6, 6.07) is 12.8. The van der Waals surface area contributed by atoms with Gasteiger partial charge >= 0.3 is 0 Å². The van der Waals surface area contributed by atoms with E-state index in [-0.39, 0.29) is 11.5 Å². The van der Waals surface area contributed by atoms with Gasteiger partial charge < -0.3 is 14.2 Å². The van der Waals surface area contributed by atoms with E-state index >= 15 is 0 Å². The number of amides is 1. The van der Waals surface area contributed by atoms with Crippen LogP contribution in [0.25, 0.3) is 11.0 Å². The van der Waals surface area contributed by atoms with Crippen LogP contribution in [0.4, 0.5) is 0 Å². The van der Waals surface area contributed by atoms with Gasteiger partial charge in [-0.3, -0.25) is 14.5 Å². The fourth-order valence-electron chi connectivity index (χ4n) is 4.00. The molecule has 1 aliphatic rings. The van der Waals surface area contributed by atoms with E-state index in [1.165, 1.54) is 0 Å². The van der Waals surface area contributed by atoms with Crippen LogP contribution in [0.2, 0.25) is 5.02 Å². The summed E-state index contributed by atoms with van der Waals surface area (Å²) in [7, 11) is 0. The van der Waals surface area contributed by atoms with Crippen molar-refractivity contribution in [2.75, 3.05) is 39.3 Å². The zero-order valence-electron chi connectivity index (χ0n) is 18.4. The number of carbonyl (C=O) groups excluding carboxylic acids is 1. The Morgan fingerprint density at radius 3 is 2.50 bits per heavy atom. The minimum Gasteiger partial charge on any atom is -0.492 e. The van der Waals surface area contributed by atoms with Crippen LogP contribution in [0, 0.1) is 6.92 Å². The van der Waals surface area contributed by atoms with Gasteiger partial charge in [0.2, 0.25) is 0 Å². The highest BCUT2D eigenvalue weighted by Crippen LogP contribution is 2.17. The lowest BCUT2D eigenvalue weighted by Crippen LogP contribution is -2.49. The average Bonchev–Trinajstić information content (AvgIpc) is 2.81. The van der Waals surface area contributed by atoms with Gasteiger partial charge in [0.25, 0.3) is 11.5 Å². The van der Waals surface area contributed by atoms with Crippen LogP contribution in [0.3, 0.4) is 0 Å². The number of piperazine rings is 1. The maximum Gasteiger partial charge on any atom is 0.272 e. The Hall–Kier alpha value is -2.90. The van der Waals surface area contributed by atoms with Gasteiger partial charge in [0, 0.05) is 49.9 Å². The maximum absolute atomic E-state index is 13.1. The number of hydrogen-bond donors (Lipinski definition) is 0. The molecule has 0 aliphatic carbocycles. The van der Waals surface area contributed by atoms with E-state index in [9.17, 15) is 9.59 Å². The molecular formula is C24H27ClN4O3. The Labute approximate surface area is 192 Å². The third kappa shape index (κ3) is 4.79. The predicted octanol–water partition coefficient (Wildman–Crippen LogP) is 3.22. The third-order valence-electron chi connectivity index (χ3n) is 5.82. The van der Waals surface area contributed by atoms with Gasteiger partial charge in [-0.2, -0.15) is 0 Å². The zero-order chi connectivity index (χ0) is 22.7. The highest BCUT2D eigenvalue weighted by atomic mass is 35.5. The molecule has 2 aromatic carbocycles. The molecule has 0 radical (unpaired) electrons. The lowest BCUT2D eigenvalue weighted by atomic mass is 10.1. The van der Waals surface area contributed by atoms with Crippen molar-refractivity contribution < 1.29 is 9.53 Å². The first kappa shape index (κ1) is 22.3. The van der Waals surface area contributed by atoms with E-state index in [1.807, 2.05) is 42.2 Å². The summed E-state index contributed by atoms with van der Waals surface area (Å²) >= 11 is 5.89. The molecular weight excluding hydrogens is 428 g/mol. The zero-order valence-corrected chi connectivity index (χ0v) is 19.1. The summed E-state index contributed by atoms with van der Waals surface area (Å²) in [5, 5.41) is 0.690. The van der Waals surface area contributed by atoms with E-state index < -0.39 is 0 Å². The molecule has 0 spiro atoms. The highest BCUT2D eigenvalue weighted by Gasteiger charge is 2.22. The van der Waals surface area contributed by atoms with E-state index in [1.54, 1.807) is 23.6 Å². The van der Waals surface area contributed by atoms with Gasteiger partial charge in [0.05, 0.1) is 11.0 Å². The minimum absolute atomic E-state index is 0.00216. The van der Waals surface area contributed by atoms with Gasteiger partial charge in [-0.1, -0.05) is 11.6 Å². The van der Waals surface area contributed by atoms with Gasteiger partial charge in [-0.05, 0) is 56.3 Å². The van der Waals surface area contributed by atoms with Crippen LogP contribution in [-0.2, 0) is 6.54 Å². The molecule has 0 saturated carbocycles. The molecule has 1 aliphatic heterocycles. The Morgan fingerprint density at radius 2 is 1.81 bits per heavy atom. The summed E-state index contributed by atoms with van der Waals surface area (Å²) in [4.78, 5) is 33.9. The molecule has 4 rings (SSSR count). The minimum atomic E-state index is -0.0877. The Kier molecular flexibility index (Phi) is 6.77. The number of nitrogens with zero attached hydrogens (tertiary/aromatic N) is 4. The normalized spacial score (nSPS) is 14.7. The van der Waals surface area contributed by atoms with E-state index in [4.69, 9.17) is 16.3 Å². The number of benzene rings is 2. The SMILES string of the molecule is CCn1c(=O)c(C)nc2cc(C(=O)N3CCN(CCOc4ccc(Cl)cc4)CC3)ccc21. The van der Waals surface area contributed by atoms with Gasteiger partial charge in [-0.25, -0.2) is 4.98 Å². The molecule has 3 aromatic rings. The number of halogens is 1. The second-order valence-electron chi connectivity index (χ2n) is 7.89. The highest BCUT2D eigenvalue weighted by molar-refractivity contribution is 6.30. The van der Waals surface area contributed by atoms with Crippen LogP contribution in [-0.4, -0.2) is 64.6 Å². The predicted molar refractivity (Wildman–Crippen MR) is 126 cm³/mol. The number of fused-ring (bicyclic) bond motifs is 1. The smallest absolute Gasteiger partial charge is 0.272 e. The molecule has 32 heavy (non-hydrogen) atoms. The summed E-state index contributed by atoms with van der Waals surface area (Å²) in [6.45, 7) is 8.53. The van der Waals surface area contributed by atoms with Crippen LogP contribution < -0.4 is 10.3 Å². The molecule has 1 fully saturated rings. The second kappa shape index (κ2) is 9.71. The number of rotatable bonds is 6. The van der Waals surface area contributed by atoms with Gasteiger partial charge in [0.1, 0.15) is 18.1 Å². The molecule has 2 heterocycles. The summed E-state index contributed by atoms with van der Waals surface area (Å²) in [6.07, 6.45) is 0. The first-order valence-corrected chi connectivity index (χ1v) is 11.2. The number of aromatic nitrogens is 2. The van der Waals surface area contributed by atoms with E-state index in [2.05, 4.69) is 9.88 Å². The lowest BCUT2D eigenvalue weighted by molar-refractivity contribution is 0.0620. The third-order valence-corrected chi connectivity index (χ3v) is 6.07. The van der Waals surface area contributed by atoms with Crippen molar-refractivity contribution in [2.45, 2.75) is 20.4 Å². The number of aryl methyl sites for hydroxylation is 2. The van der Waals surface area contributed by atoms with Crippen molar-refractivity contribution in [3.63, 3.8) is 0 Å². The fraction of sp³-hybridized carbons (Fsp3) is 0.375. The largest absolute Gasteiger partial charge is 0.492 e. The van der Waals surface area contributed by atoms with Crippen molar-refractivity contribution in [2.24, 2.45) is 0 Å². The summed E-state index contributed by atoms with van der Waals surface area (Å²) in [5.41, 5.74) is 2.39. The van der Waals surface area contributed by atoms with Crippen LogP contribution in [0.1, 0.15) is 23.0 Å². The van der Waals surface area contributed by atoms with Crippen LogP contribution in [0.15, 0.2) is 47.3 Å².